The summed E-state index contributed by atoms with van der Waals surface area (Å²) < 4.78 is 43.4. The number of hydrogen-bond acceptors (Lipinski definition) is 1. The molecule has 0 fully saturated rings. The van der Waals surface area contributed by atoms with Crippen molar-refractivity contribution in [2.45, 2.75) is 32.1 Å². The van der Waals surface area contributed by atoms with Crippen LogP contribution in [0.2, 0.25) is 10.0 Å². The van der Waals surface area contributed by atoms with E-state index in [9.17, 15) is 18.0 Å². The Bertz CT molecular complexity index is 1130. The Morgan fingerprint density at radius 1 is 1.13 bits per heavy atom. The number of para-hydroxylation sites is 1. The number of carbonyl (C=O) groups is 1. The zero-order chi connectivity index (χ0) is 21.5. The molecule has 0 aliphatic carbocycles. The van der Waals surface area contributed by atoms with Gasteiger partial charge in [-0.3, -0.25) is 4.79 Å². The number of imidazole rings is 1. The van der Waals surface area contributed by atoms with Crippen LogP contribution in [0.15, 0.2) is 48.7 Å². The SMILES string of the molecule is O=C(C[n+]1cc(-c2ccc(Cl)c(Cl)c2)n2c1CCC2)Nc1ccccc1C(F)(F)F. The van der Waals surface area contributed by atoms with Crippen molar-refractivity contribution in [2.24, 2.45) is 0 Å². The minimum Gasteiger partial charge on any atom is -0.322 e. The fourth-order valence-electron chi connectivity index (χ4n) is 3.72. The molecule has 1 amide bonds. The van der Waals surface area contributed by atoms with Gasteiger partial charge >= 0.3 is 6.18 Å². The third kappa shape index (κ3) is 4.04. The smallest absolute Gasteiger partial charge is 0.322 e. The molecule has 30 heavy (non-hydrogen) atoms. The number of anilines is 1. The molecular weight excluding hydrogens is 438 g/mol. The summed E-state index contributed by atoms with van der Waals surface area (Å²) >= 11 is 12.1. The van der Waals surface area contributed by atoms with Gasteiger partial charge in [0.2, 0.25) is 0 Å². The van der Waals surface area contributed by atoms with E-state index in [0.29, 0.717) is 10.0 Å². The van der Waals surface area contributed by atoms with Gasteiger partial charge in [-0.2, -0.15) is 13.2 Å². The zero-order valence-electron chi connectivity index (χ0n) is 15.6. The molecule has 4 nitrogen and oxygen atoms in total. The van der Waals surface area contributed by atoms with E-state index in [1.54, 1.807) is 16.7 Å². The number of halogens is 5. The van der Waals surface area contributed by atoms with E-state index in [4.69, 9.17) is 23.2 Å². The van der Waals surface area contributed by atoms with Crippen LogP contribution in [0.4, 0.5) is 18.9 Å². The fourth-order valence-corrected chi connectivity index (χ4v) is 4.01. The Hall–Kier alpha value is -2.51. The molecule has 4 rings (SSSR count). The molecule has 0 atom stereocenters. The molecule has 2 aromatic carbocycles. The van der Waals surface area contributed by atoms with Crippen molar-refractivity contribution in [3.63, 3.8) is 0 Å². The van der Waals surface area contributed by atoms with Crippen LogP contribution in [0.3, 0.4) is 0 Å². The predicted octanol–water partition coefficient (Wildman–Crippen LogP) is 5.35. The Morgan fingerprint density at radius 3 is 2.63 bits per heavy atom. The number of hydrogen-bond donors (Lipinski definition) is 1. The van der Waals surface area contributed by atoms with Crippen molar-refractivity contribution in [3.8, 4) is 11.3 Å². The van der Waals surface area contributed by atoms with Gasteiger partial charge in [0, 0.05) is 5.56 Å². The molecular formula is C21H17Cl2F3N3O+. The molecule has 9 heteroatoms. The average Bonchev–Trinajstić information content (AvgIpc) is 3.27. The number of aromatic nitrogens is 2. The number of benzene rings is 2. The lowest BCUT2D eigenvalue weighted by molar-refractivity contribution is -0.690. The van der Waals surface area contributed by atoms with Crippen molar-refractivity contribution in [2.75, 3.05) is 5.32 Å². The molecule has 0 spiro atoms. The van der Waals surface area contributed by atoms with E-state index in [0.717, 1.165) is 42.5 Å². The highest BCUT2D eigenvalue weighted by Crippen LogP contribution is 2.34. The van der Waals surface area contributed by atoms with Crippen LogP contribution >= 0.6 is 23.2 Å². The minimum atomic E-state index is -4.55. The van der Waals surface area contributed by atoms with Gasteiger partial charge in [0.1, 0.15) is 6.20 Å². The fraction of sp³-hybridized carbons (Fsp3) is 0.238. The van der Waals surface area contributed by atoms with Gasteiger partial charge < -0.3 is 5.32 Å². The number of nitrogens with zero attached hydrogens (tertiary/aromatic N) is 2. The molecule has 0 bridgehead atoms. The third-order valence-corrected chi connectivity index (χ3v) is 5.77. The highest BCUT2D eigenvalue weighted by atomic mass is 35.5. The molecule has 1 aromatic heterocycles. The monoisotopic (exact) mass is 454 g/mol. The van der Waals surface area contributed by atoms with Gasteiger partial charge in [0.25, 0.3) is 11.7 Å². The second-order valence-electron chi connectivity index (χ2n) is 7.03. The number of alkyl halides is 3. The second-order valence-corrected chi connectivity index (χ2v) is 7.85. The lowest BCUT2D eigenvalue weighted by atomic mass is 10.1. The van der Waals surface area contributed by atoms with Crippen molar-refractivity contribution < 1.29 is 22.5 Å². The average molecular weight is 455 g/mol. The van der Waals surface area contributed by atoms with Gasteiger partial charge in [0.05, 0.1) is 34.3 Å². The van der Waals surface area contributed by atoms with E-state index in [-0.39, 0.29) is 12.2 Å². The van der Waals surface area contributed by atoms with E-state index < -0.39 is 17.6 Å². The maximum Gasteiger partial charge on any atom is 0.418 e. The van der Waals surface area contributed by atoms with E-state index in [2.05, 4.69) is 9.88 Å². The van der Waals surface area contributed by atoms with E-state index in [1.807, 2.05) is 12.3 Å². The molecule has 0 saturated carbocycles. The second kappa shape index (κ2) is 7.96. The molecule has 1 aliphatic rings. The highest BCUT2D eigenvalue weighted by molar-refractivity contribution is 6.42. The Morgan fingerprint density at radius 2 is 1.90 bits per heavy atom. The third-order valence-electron chi connectivity index (χ3n) is 5.03. The topological polar surface area (TPSA) is 37.9 Å². The van der Waals surface area contributed by atoms with Crippen LogP contribution in [-0.2, 0) is 30.5 Å². The lowest BCUT2D eigenvalue weighted by Crippen LogP contribution is -2.42. The molecule has 2 heterocycles. The number of rotatable bonds is 4. The molecule has 1 aliphatic heterocycles. The zero-order valence-corrected chi connectivity index (χ0v) is 17.2. The first-order chi connectivity index (χ1) is 14.2. The van der Waals surface area contributed by atoms with Crippen LogP contribution < -0.4 is 9.88 Å². The van der Waals surface area contributed by atoms with Gasteiger partial charge in [-0.15, -0.1) is 0 Å². The molecule has 0 saturated heterocycles. The van der Waals surface area contributed by atoms with Crippen LogP contribution in [0.5, 0.6) is 0 Å². The largest absolute Gasteiger partial charge is 0.418 e. The van der Waals surface area contributed by atoms with Crippen molar-refractivity contribution in [1.29, 1.82) is 0 Å². The predicted molar refractivity (Wildman–Crippen MR) is 108 cm³/mol. The van der Waals surface area contributed by atoms with Gasteiger partial charge in [-0.25, -0.2) is 9.13 Å². The normalized spacial score (nSPS) is 13.4. The van der Waals surface area contributed by atoms with Crippen molar-refractivity contribution in [1.82, 2.24) is 4.57 Å². The quantitative estimate of drug-likeness (QED) is 0.529. The molecule has 1 N–H and O–H groups in total. The summed E-state index contributed by atoms with van der Waals surface area (Å²) in [5.74, 6) is 0.410. The summed E-state index contributed by atoms with van der Waals surface area (Å²) in [6, 6.07) is 10.2. The number of amides is 1. The van der Waals surface area contributed by atoms with Crippen LogP contribution in [0, 0.1) is 0 Å². The van der Waals surface area contributed by atoms with Gasteiger partial charge in [0.15, 0.2) is 12.2 Å². The summed E-state index contributed by atoms with van der Waals surface area (Å²) in [6.45, 7) is 0.694. The first kappa shape index (κ1) is 20.8. The van der Waals surface area contributed by atoms with Crippen molar-refractivity contribution in [3.05, 3.63) is 70.1 Å². The summed E-state index contributed by atoms with van der Waals surface area (Å²) in [5.41, 5.74) is 0.608. The number of fused-ring (bicyclic) bond motifs is 1. The highest BCUT2D eigenvalue weighted by Gasteiger charge is 2.34. The van der Waals surface area contributed by atoms with Crippen molar-refractivity contribution >= 4 is 34.8 Å². The number of nitrogens with one attached hydrogen (secondary N) is 1. The molecule has 0 unspecified atom stereocenters. The van der Waals surface area contributed by atoms with Crippen LogP contribution in [0.1, 0.15) is 17.8 Å². The summed E-state index contributed by atoms with van der Waals surface area (Å²) in [7, 11) is 0. The maximum atomic E-state index is 13.2. The standard InChI is InChI=1S/C21H16Cl2F3N3O/c22-15-8-7-13(10-16(15)23)18-11-28(20-6-3-9-29(18)20)12-19(30)27-17-5-2-1-4-14(17)21(24,25)26/h1-2,4-5,7-8,10-11H,3,6,9,12H2/p+1. The van der Waals surface area contributed by atoms with E-state index in [1.165, 1.54) is 18.2 Å². The summed E-state index contributed by atoms with van der Waals surface area (Å²) in [5, 5.41) is 3.27. The first-order valence-electron chi connectivity index (χ1n) is 9.27. The molecule has 0 radical (unpaired) electrons. The van der Waals surface area contributed by atoms with Gasteiger partial charge in [-0.05, 0) is 36.8 Å². The Kier molecular flexibility index (Phi) is 5.51. The minimum absolute atomic E-state index is 0.0944. The lowest BCUT2D eigenvalue weighted by Gasteiger charge is -2.13. The molecule has 156 valence electrons. The van der Waals surface area contributed by atoms with E-state index >= 15 is 0 Å². The summed E-state index contributed by atoms with van der Waals surface area (Å²) in [6.07, 6.45) is -1.03. The maximum absolute atomic E-state index is 13.2. The van der Waals surface area contributed by atoms with Crippen LogP contribution in [0.25, 0.3) is 11.3 Å². The number of carbonyl (C=O) groups excluding carboxylic acids is 1. The first-order valence-corrected chi connectivity index (χ1v) is 10.0. The van der Waals surface area contributed by atoms with Gasteiger partial charge in [-0.1, -0.05) is 35.3 Å². The Balaban J connectivity index is 1.61. The summed E-state index contributed by atoms with van der Waals surface area (Å²) in [4.78, 5) is 12.6. The van der Waals surface area contributed by atoms with Crippen LogP contribution in [-0.4, -0.2) is 10.5 Å². The Labute approximate surface area is 180 Å². The molecule has 3 aromatic rings.